The van der Waals surface area contributed by atoms with Gasteiger partial charge in [0.25, 0.3) is 0 Å². The molecule has 0 saturated heterocycles. The minimum atomic E-state index is -0.500. The number of hydrogen-bond donors (Lipinski definition) is 1. The number of aliphatic imine (C=N–C) groups is 4. The fourth-order valence-electron chi connectivity index (χ4n) is 1.15. The van der Waals surface area contributed by atoms with Gasteiger partial charge in [-0.15, -0.1) is 0 Å². The van der Waals surface area contributed by atoms with Gasteiger partial charge in [0.05, 0.1) is 0 Å². The normalized spacial score (nSPS) is 24.3. The van der Waals surface area contributed by atoms with Gasteiger partial charge in [-0.05, 0) is 13.8 Å². The molecule has 2 heterocycles. The van der Waals surface area contributed by atoms with Crippen molar-refractivity contribution in [2.45, 2.75) is 19.5 Å². The molecule has 0 spiro atoms. The lowest BCUT2D eigenvalue weighted by molar-refractivity contribution is 0.553. The van der Waals surface area contributed by atoms with Crippen LogP contribution in [0.3, 0.4) is 0 Å². The highest BCUT2D eigenvalue weighted by Gasteiger charge is 2.28. The molecule has 0 saturated carbocycles. The molecule has 0 aromatic heterocycles. The van der Waals surface area contributed by atoms with Crippen LogP contribution in [0.5, 0.6) is 0 Å². The Hall–Kier alpha value is -1.52. The van der Waals surface area contributed by atoms with Gasteiger partial charge in [-0.1, -0.05) is 0 Å². The van der Waals surface area contributed by atoms with Gasteiger partial charge in [-0.3, -0.25) is 0 Å². The Morgan fingerprint density at radius 3 is 2.83 bits per heavy atom. The van der Waals surface area contributed by atoms with Gasteiger partial charge < -0.3 is 5.73 Å². The van der Waals surface area contributed by atoms with Crippen LogP contribution < -0.4 is 5.73 Å². The van der Waals surface area contributed by atoms with E-state index in [9.17, 15) is 0 Å². The van der Waals surface area contributed by atoms with Crippen molar-refractivity contribution in [3.63, 3.8) is 0 Å². The average Bonchev–Trinajstić information content (AvgIpc) is 2.31. The molecule has 5 heteroatoms. The lowest BCUT2D eigenvalue weighted by Crippen LogP contribution is -2.37. The van der Waals surface area contributed by atoms with Crippen LogP contribution >= 0.6 is 0 Å². The van der Waals surface area contributed by atoms with E-state index in [0.717, 1.165) is 0 Å². The molecular formula is C7H9N5. The van der Waals surface area contributed by atoms with Gasteiger partial charge in [-0.2, -0.15) is 0 Å². The SMILES string of the molecule is CC1(C)N=C(N)C2=NC=NC2=N1. The molecular weight excluding hydrogens is 154 g/mol. The van der Waals surface area contributed by atoms with Gasteiger partial charge >= 0.3 is 0 Å². The highest BCUT2D eigenvalue weighted by molar-refractivity contribution is 6.70. The first-order valence-electron chi connectivity index (χ1n) is 3.65. The van der Waals surface area contributed by atoms with Crippen molar-refractivity contribution < 1.29 is 0 Å². The molecule has 0 aliphatic carbocycles. The van der Waals surface area contributed by atoms with E-state index in [2.05, 4.69) is 20.0 Å². The third-order valence-corrected chi connectivity index (χ3v) is 1.59. The van der Waals surface area contributed by atoms with E-state index in [1.54, 1.807) is 0 Å². The molecule has 0 atom stereocenters. The number of amidine groups is 2. The predicted octanol–water partition coefficient (Wildman–Crippen LogP) is -0.0253. The van der Waals surface area contributed by atoms with E-state index in [0.29, 0.717) is 17.4 Å². The Balaban J connectivity index is 2.51. The fraction of sp³-hybridized carbons (Fsp3) is 0.429. The summed E-state index contributed by atoms with van der Waals surface area (Å²) in [6.45, 7) is 3.74. The van der Waals surface area contributed by atoms with Crippen LogP contribution in [0, 0.1) is 0 Å². The molecule has 0 fully saturated rings. The van der Waals surface area contributed by atoms with Crippen LogP contribution in [-0.2, 0) is 0 Å². The average molecular weight is 163 g/mol. The Bertz CT molecular complexity index is 345. The molecule has 2 aliphatic heterocycles. The molecule has 2 rings (SSSR count). The lowest BCUT2D eigenvalue weighted by Gasteiger charge is -2.20. The zero-order valence-corrected chi connectivity index (χ0v) is 6.94. The molecule has 2 aliphatic rings. The topological polar surface area (TPSA) is 75.5 Å². The van der Waals surface area contributed by atoms with Gasteiger partial charge in [0.1, 0.15) is 12.0 Å². The fourth-order valence-corrected chi connectivity index (χ4v) is 1.15. The summed E-state index contributed by atoms with van der Waals surface area (Å²) in [5.41, 5.74) is 5.75. The minimum absolute atomic E-state index is 0.419. The second-order valence-electron chi connectivity index (χ2n) is 3.15. The summed E-state index contributed by atoms with van der Waals surface area (Å²) in [4.78, 5) is 16.3. The van der Waals surface area contributed by atoms with E-state index in [4.69, 9.17) is 5.73 Å². The van der Waals surface area contributed by atoms with Gasteiger partial charge in [0.15, 0.2) is 17.4 Å². The van der Waals surface area contributed by atoms with Crippen LogP contribution in [0.4, 0.5) is 0 Å². The summed E-state index contributed by atoms with van der Waals surface area (Å²) in [5, 5.41) is 0. The van der Waals surface area contributed by atoms with E-state index in [1.807, 2.05) is 13.8 Å². The molecule has 5 nitrogen and oxygen atoms in total. The van der Waals surface area contributed by atoms with Crippen LogP contribution in [0.2, 0.25) is 0 Å². The van der Waals surface area contributed by atoms with Gasteiger partial charge in [-0.25, -0.2) is 20.0 Å². The summed E-state index contributed by atoms with van der Waals surface area (Å²) in [6, 6.07) is 0. The van der Waals surface area contributed by atoms with Crippen LogP contribution in [0.1, 0.15) is 13.8 Å². The number of fused-ring (bicyclic) bond motifs is 1. The van der Waals surface area contributed by atoms with Gasteiger partial charge in [0.2, 0.25) is 0 Å². The first-order chi connectivity index (χ1) is 5.58. The van der Waals surface area contributed by atoms with Crippen molar-refractivity contribution in [2.75, 3.05) is 0 Å². The zero-order chi connectivity index (χ0) is 8.77. The van der Waals surface area contributed by atoms with Crippen molar-refractivity contribution >= 4 is 23.7 Å². The van der Waals surface area contributed by atoms with Gasteiger partial charge in [0, 0.05) is 0 Å². The van der Waals surface area contributed by atoms with E-state index in [-0.39, 0.29) is 0 Å². The molecule has 0 radical (unpaired) electrons. The summed E-state index contributed by atoms with van der Waals surface area (Å²) in [5.74, 6) is 1.01. The lowest BCUT2D eigenvalue weighted by atomic mass is 10.2. The largest absolute Gasteiger partial charge is 0.382 e. The Kier molecular flexibility index (Phi) is 1.19. The quantitative estimate of drug-likeness (QED) is 0.535. The summed E-state index contributed by atoms with van der Waals surface area (Å²) in [7, 11) is 0. The maximum Gasteiger partial charge on any atom is 0.181 e. The Morgan fingerprint density at radius 1 is 1.33 bits per heavy atom. The minimum Gasteiger partial charge on any atom is -0.382 e. The van der Waals surface area contributed by atoms with Crippen molar-refractivity contribution in [3.8, 4) is 0 Å². The predicted molar refractivity (Wildman–Crippen MR) is 49.1 cm³/mol. The van der Waals surface area contributed by atoms with E-state index in [1.165, 1.54) is 6.34 Å². The molecule has 0 aromatic carbocycles. The summed E-state index contributed by atoms with van der Waals surface area (Å²) >= 11 is 0. The van der Waals surface area contributed by atoms with Crippen molar-refractivity contribution in [1.82, 2.24) is 0 Å². The number of rotatable bonds is 0. The van der Waals surface area contributed by atoms with Crippen LogP contribution in [0.15, 0.2) is 20.0 Å². The molecule has 12 heavy (non-hydrogen) atoms. The standard InChI is InChI=1S/C7H9N5/c1-7(2)11-5(8)4-6(12-7)10-3-9-4/h3H,1-2H3,(H2,8,11). The van der Waals surface area contributed by atoms with Crippen molar-refractivity contribution in [2.24, 2.45) is 25.7 Å². The highest BCUT2D eigenvalue weighted by Crippen LogP contribution is 2.17. The molecule has 62 valence electrons. The van der Waals surface area contributed by atoms with Crippen LogP contribution in [0.25, 0.3) is 0 Å². The van der Waals surface area contributed by atoms with Crippen LogP contribution in [-0.4, -0.2) is 29.4 Å². The number of nitrogens with two attached hydrogens (primary N) is 1. The molecule has 0 aromatic rings. The Morgan fingerprint density at radius 2 is 2.08 bits per heavy atom. The summed E-state index contributed by atoms with van der Waals surface area (Å²) in [6.07, 6.45) is 1.44. The second kappa shape index (κ2) is 2.00. The third-order valence-electron chi connectivity index (χ3n) is 1.59. The van der Waals surface area contributed by atoms with E-state index >= 15 is 0 Å². The monoisotopic (exact) mass is 163 g/mol. The zero-order valence-electron chi connectivity index (χ0n) is 6.94. The first-order valence-corrected chi connectivity index (χ1v) is 3.65. The first kappa shape index (κ1) is 7.15. The number of nitrogens with zero attached hydrogens (tertiary/aromatic N) is 4. The van der Waals surface area contributed by atoms with E-state index < -0.39 is 5.66 Å². The molecule has 0 amide bonds. The number of hydrogen-bond acceptors (Lipinski definition) is 5. The maximum absolute atomic E-state index is 5.65. The molecule has 2 N–H and O–H groups in total. The van der Waals surface area contributed by atoms with Crippen molar-refractivity contribution in [1.29, 1.82) is 0 Å². The third kappa shape index (κ3) is 0.939. The highest BCUT2D eigenvalue weighted by atomic mass is 15.2. The second-order valence-corrected chi connectivity index (χ2v) is 3.15. The summed E-state index contributed by atoms with van der Waals surface area (Å²) < 4.78 is 0. The molecule has 0 unspecified atom stereocenters. The Labute approximate surface area is 69.8 Å². The smallest absolute Gasteiger partial charge is 0.181 e. The molecule has 0 bridgehead atoms. The maximum atomic E-state index is 5.65. The van der Waals surface area contributed by atoms with Crippen molar-refractivity contribution in [3.05, 3.63) is 0 Å².